The van der Waals surface area contributed by atoms with Gasteiger partial charge in [0.2, 0.25) is 5.91 Å². The molecule has 0 aromatic rings. The third kappa shape index (κ3) is 1.51. The van der Waals surface area contributed by atoms with Crippen molar-refractivity contribution in [2.24, 2.45) is 22.9 Å². The van der Waals surface area contributed by atoms with Gasteiger partial charge in [0.1, 0.15) is 5.78 Å². The zero-order valence-corrected chi connectivity index (χ0v) is 7.72. The Kier molecular flexibility index (Phi) is 2.25. The Morgan fingerprint density at radius 3 is 2.93 bits per heavy atom. The van der Waals surface area contributed by atoms with Crippen molar-refractivity contribution in [1.82, 2.24) is 0 Å². The Morgan fingerprint density at radius 2 is 2.36 bits per heavy atom. The molecule has 1 amide bonds. The maximum absolute atomic E-state index is 11.4. The average molecular weight is 193 g/mol. The minimum absolute atomic E-state index is 0.0674. The van der Waals surface area contributed by atoms with Crippen molar-refractivity contribution in [3.63, 3.8) is 0 Å². The summed E-state index contributed by atoms with van der Waals surface area (Å²) in [6.45, 7) is 0. The summed E-state index contributed by atoms with van der Waals surface area (Å²) in [5.74, 6) is 0.547. The number of fused-ring (bicyclic) bond motifs is 2. The summed E-state index contributed by atoms with van der Waals surface area (Å²) in [4.78, 5) is 24.9. The molecule has 74 valence electrons. The summed E-state index contributed by atoms with van der Waals surface area (Å²) >= 11 is 0. The molecule has 2 bridgehead atoms. The summed E-state index contributed by atoms with van der Waals surface area (Å²) in [6.07, 6.45) is 2.82. The fourth-order valence-electron chi connectivity index (χ4n) is 2.78. The Bertz CT molecular complexity index is 333. The average Bonchev–Trinajstić information content (AvgIpc) is 2.62. The number of rotatable bonds is 2. The summed E-state index contributed by atoms with van der Waals surface area (Å²) in [7, 11) is 0. The molecule has 2 rings (SSSR count). The molecule has 0 saturated heterocycles. The smallest absolute Gasteiger partial charge is 0.219 e. The molecule has 0 aromatic heterocycles. The van der Waals surface area contributed by atoms with E-state index >= 15 is 0 Å². The van der Waals surface area contributed by atoms with Gasteiger partial charge in [0.25, 0.3) is 0 Å². The third-order valence-electron chi connectivity index (χ3n) is 3.29. The topological polar surface area (TPSA) is 82.9 Å². The van der Waals surface area contributed by atoms with Crippen molar-refractivity contribution in [1.29, 1.82) is 0 Å². The van der Waals surface area contributed by atoms with Crippen LogP contribution < -0.4 is 0 Å². The Morgan fingerprint density at radius 1 is 1.57 bits per heavy atom. The fourth-order valence-corrected chi connectivity index (χ4v) is 2.78. The first-order chi connectivity index (χ1) is 6.70. The number of ketones is 1. The molecule has 3 atom stereocenters. The normalized spacial score (nSPS) is 34.3. The van der Waals surface area contributed by atoms with Gasteiger partial charge in [-0.05, 0) is 35.3 Å². The fraction of sp³-hybridized carbons (Fsp3) is 0.778. The van der Waals surface area contributed by atoms with E-state index in [2.05, 4.69) is 10.0 Å². The number of amides is 1. The van der Waals surface area contributed by atoms with Crippen LogP contribution in [0, 0.1) is 17.8 Å². The minimum atomic E-state index is -0.433. The Hall–Kier alpha value is -1.35. The van der Waals surface area contributed by atoms with Crippen molar-refractivity contribution in [2.45, 2.75) is 25.7 Å². The van der Waals surface area contributed by atoms with Crippen LogP contribution in [0.3, 0.4) is 0 Å². The second-order valence-corrected chi connectivity index (χ2v) is 4.16. The van der Waals surface area contributed by atoms with Crippen molar-refractivity contribution in [3.8, 4) is 0 Å². The van der Waals surface area contributed by atoms with E-state index < -0.39 is 5.91 Å². The monoisotopic (exact) mass is 193 g/mol. The summed E-state index contributed by atoms with van der Waals surface area (Å²) < 4.78 is 0. The van der Waals surface area contributed by atoms with Crippen LogP contribution in [0.2, 0.25) is 0 Å². The lowest BCUT2D eigenvalue weighted by Gasteiger charge is -2.18. The largest absolute Gasteiger partial charge is 0.299 e. The molecule has 2 aliphatic rings. The minimum Gasteiger partial charge on any atom is -0.299 e. The molecule has 5 heteroatoms. The van der Waals surface area contributed by atoms with Gasteiger partial charge in [0, 0.05) is 23.7 Å². The van der Waals surface area contributed by atoms with Crippen molar-refractivity contribution >= 4 is 11.7 Å². The van der Waals surface area contributed by atoms with Gasteiger partial charge in [-0.15, -0.1) is 0 Å². The van der Waals surface area contributed by atoms with E-state index in [1.165, 1.54) is 0 Å². The van der Waals surface area contributed by atoms with Crippen LogP contribution >= 0.6 is 0 Å². The second kappa shape index (κ2) is 3.42. The molecular weight excluding hydrogens is 182 g/mol. The van der Waals surface area contributed by atoms with Gasteiger partial charge in [0.05, 0.1) is 0 Å². The van der Waals surface area contributed by atoms with Crippen LogP contribution in [0.15, 0.2) is 5.11 Å². The number of azide groups is 1. The quantitative estimate of drug-likeness (QED) is 0.380. The summed E-state index contributed by atoms with van der Waals surface area (Å²) in [5.41, 5.74) is 8.07. The standard InChI is InChI=1S/C9H11N3O2/c10-12-11-9(14)4-6-1-5-2-7(6)8(13)3-5/h5-7H,1-4H2. The summed E-state index contributed by atoms with van der Waals surface area (Å²) in [5, 5.41) is 3.03. The molecular formula is C9H11N3O2. The maximum Gasteiger partial charge on any atom is 0.219 e. The van der Waals surface area contributed by atoms with Gasteiger partial charge in [-0.2, -0.15) is 0 Å². The Balaban J connectivity index is 1.98. The number of hydrogen-bond donors (Lipinski definition) is 0. The van der Waals surface area contributed by atoms with Crippen LogP contribution in [0.25, 0.3) is 10.4 Å². The highest BCUT2D eigenvalue weighted by atomic mass is 16.1. The SMILES string of the molecule is [N-]=[N+]=NC(=O)CC1CC2CC(=O)C1C2. The number of nitrogens with zero attached hydrogens (tertiary/aromatic N) is 3. The number of Topliss-reactive ketones (excluding diaryl/α,β-unsaturated/α-hetero) is 1. The van der Waals surface area contributed by atoms with E-state index in [0.29, 0.717) is 18.1 Å². The van der Waals surface area contributed by atoms with E-state index in [1.54, 1.807) is 0 Å². The van der Waals surface area contributed by atoms with Gasteiger partial charge >= 0.3 is 0 Å². The van der Waals surface area contributed by atoms with Crippen LogP contribution in [-0.4, -0.2) is 11.7 Å². The molecule has 0 radical (unpaired) electrons. The molecule has 0 aliphatic heterocycles. The molecule has 2 aliphatic carbocycles. The predicted octanol–water partition coefficient (Wildman–Crippen LogP) is 1.83. The molecule has 5 nitrogen and oxygen atoms in total. The van der Waals surface area contributed by atoms with E-state index in [1.807, 2.05) is 0 Å². The molecule has 14 heavy (non-hydrogen) atoms. The Labute approximate surface area is 81.1 Å². The highest BCUT2D eigenvalue weighted by Crippen LogP contribution is 2.47. The lowest BCUT2D eigenvalue weighted by molar-refractivity contribution is -0.124. The van der Waals surface area contributed by atoms with Crippen LogP contribution in [0.4, 0.5) is 0 Å². The second-order valence-electron chi connectivity index (χ2n) is 4.16. The van der Waals surface area contributed by atoms with Crippen LogP contribution in [0.1, 0.15) is 25.7 Å². The molecule has 0 N–H and O–H groups in total. The molecule has 2 fully saturated rings. The first-order valence-electron chi connectivity index (χ1n) is 4.81. The molecule has 2 saturated carbocycles. The highest BCUT2D eigenvalue weighted by molar-refractivity contribution is 5.86. The lowest BCUT2D eigenvalue weighted by Crippen LogP contribution is -2.21. The zero-order valence-electron chi connectivity index (χ0n) is 7.72. The lowest BCUT2D eigenvalue weighted by atomic mass is 9.85. The first-order valence-corrected chi connectivity index (χ1v) is 4.81. The van der Waals surface area contributed by atoms with E-state index in [0.717, 1.165) is 12.8 Å². The number of carbonyl (C=O) groups excluding carboxylic acids is 2. The molecule has 0 aromatic carbocycles. The highest BCUT2D eigenvalue weighted by Gasteiger charge is 2.45. The van der Waals surface area contributed by atoms with Crippen molar-refractivity contribution < 1.29 is 9.59 Å². The van der Waals surface area contributed by atoms with E-state index in [4.69, 9.17) is 5.53 Å². The van der Waals surface area contributed by atoms with E-state index in [9.17, 15) is 9.59 Å². The first kappa shape index (κ1) is 9.21. The van der Waals surface area contributed by atoms with E-state index in [-0.39, 0.29) is 18.3 Å². The van der Waals surface area contributed by atoms with Crippen molar-refractivity contribution in [3.05, 3.63) is 10.4 Å². The van der Waals surface area contributed by atoms with Crippen LogP contribution in [-0.2, 0) is 9.59 Å². The third-order valence-corrected chi connectivity index (χ3v) is 3.29. The van der Waals surface area contributed by atoms with Gasteiger partial charge in [0.15, 0.2) is 0 Å². The van der Waals surface area contributed by atoms with Gasteiger partial charge in [-0.3, -0.25) is 9.59 Å². The molecule has 0 spiro atoms. The zero-order chi connectivity index (χ0) is 10.1. The number of carbonyl (C=O) groups is 2. The van der Waals surface area contributed by atoms with Gasteiger partial charge in [-0.1, -0.05) is 0 Å². The maximum atomic E-state index is 11.4. The van der Waals surface area contributed by atoms with Gasteiger partial charge in [-0.25, -0.2) is 0 Å². The number of hydrogen-bond acceptors (Lipinski definition) is 2. The van der Waals surface area contributed by atoms with Crippen LogP contribution in [0.5, 0.6) is 0 Å². The molecule has 3 unspecified atom stereocenters. The summed E-state index contributed by atoms with van der Waals surface area (Å²) in [6, 6.07) is 0. The predicted molar refractivity (Wildman–Crippen MR) is 48.1 cm³/mol. The van der Waals surface area contributed by atoms with Gasteiger partial charge < -0.3 is 0 Å². The molecule has 0 heterocycles. The van der Waals surface area contributed by atoms with Crippen molar-refractivity contribution in [2.75, 3.05) is 0 Å².